The largest absolute Gasteiger partial charge is 0.421 e. The second-order valence-electron chi connectivity index (χ2n) is 3.54. The van der Waals surface area contributed by atoms with Crippen LogP contribution >= 0.6 is 57.4 Å². The van der Waals surface area contributed by atoms with Crippen LogP contribution in [0.3, 0.4) is 0 Å². The number of esters is 1. The third-order valence-corrected chi connectivity index (χ3v) is 4.51. The Balaban J connectivity index is 2.30. The average Bonchev–Trinajstić information content (AvgIpc) is 2.40. The molecule has 6 heteroatoms. The molecule has 0 saturated heterocycles. The van der Waals surface area contributed by atoms with Crippen molar-refractivity contribution in [2.24, 2.45) is 0 Å². The molecular formula is C13H6Cl3IO2. The molecular weight excluding hydrogens is 421 g/mol. The maximum absolute atomic E-state index is 12.0. The Bertz CT molecular complexity index is 644. The van der Waals surface area contributed by atoms with E-state index >= 15 is 0 Å². The molecule has 2 nitrogen and oxygen atoms in total. The molecule has 0 fully saturated rings. The molecule has 98 valence electrons. The van der Waals surface area contributed by atoms with Gasteiger partial charge in [0.2, 0.25) is 0 Å². The van der Waals surface area contributed by atoms with Gasteiger partial charge in [-0.15, -0.1) is 0 Å². The molecule has 0 bridgehead atoms. The Hall–Kier alpha value is -0.490. The molecule has 0 radical (unpaired) electrons. The number of halogens is 4. The summed E-state index contributed by atoms with van der Waals surface area (Å²) in [5.41, 5.74) is 0.463. The van der Waals surface area contributed by atoms with Gasteiger partial charge in [-0.1, -0.05) is 46.9 Å². The van der Waals surface area contributed by atoms with Crippen LogP contribution in [-0.2, 0) is 0 Å². The molecule has 2 rings (SSSR count). The molecule has 2 aromatic rings. The minimum Gasteiger partial charge on any atom is -0.421 e. The SMILES string of the molecule is O=C(Oc1ccc(Cl)c(Cl)c1Cl)c1ccccc1I. The summed E-state index contributed by atoms with van der Waals surface area (Å²) < 4.78 is 6.02. The van der Waals surface area contributed by atoms with Crippen molar-refractivity contribution in [3.63, 3.8) is 0 Å². The van der Waals surface area contributed by atoms with Gasteiger partial charge in [0.15, 0.2) is 5.75 Å². The van der Waals surface area contributed by atoms with Gasteiger partial charge in [0, 0.05) is 3.57 Å². The van der Waals surface area contributed by atoms with Crippen LogP contribution < -0.4 is 4.74 Å². The van der Waals surface area contributed by atoms with E-state index in [1.54, 1.807) is 12.1 Å². The zero-order valence-electron chi connectivity index (χ0n) is 9.29. The highest BCUT2D eigenvalue weighted by Gasteiger charge is 2.16. The van der Waals surface area contributed by atoms with Gasteiger partial charge in [-0.2, -0.15) is 0 Å². The molecule has 0 spiro atoms. The van der Waals surface area contributed by atoms with Crippen LogP contribution in [0, 0.1) is 3.57 Å². The number of carbonyl (C=O) groups excluding carboxylic acids is 1. The minimum atomic E-state index is -0.495. The van der Waals surface area contributed by atoms with Crippen LogP contribution in [0.15, 0.2) is 36.4 Å². The van der Waals surface area contributed by atoms with E-state index in [0.29, 0.717) is 10.6 Å². The highest BCUT2D eigenvalue weighted by Crippen LogP contribution is 2.37. The van der Waals surface area contributed by atoms with Gasteiger partial charge in [0.25, 0.3) is 0 Å². The molecule has 0 aliphatic heterocycles. The Morgan fingerprint density at radius 2 is 1.68 bits per heavy atom. The first-order valence-corrected chi connectivity index (χ1v) is 7.32. The highest BCUT2D eigenvalue weighted by molar-refractivity contribution is 14.1. The van der Waals surface area contributed by atoms with E-state index in [1.165, 1.54) is 12.1 Å². The van der Waals surface area contributed by atoms with Crippen molar-refractivity contribution in [1.82, 2.24) is 0 Å². The maximum atomic E-state index is 12.0. The van der Waals surface area contributed by atoms with Crippen LogP contribution in [-0.4, -0.2) is 5.97 Å². The summed E-state index contributed by atoms with van der Waals surface area (Å²) in [5, 5.41) is 0.589. The summed E-state index contributed by atoms with van der Waals surface area (Å²) in [6.07, 6.45) is 0. The fourth-order valence-electron chi connectivity index (χ4n) is 1.37. The number of hydrogen-bond acceptors (Lipinski definition) is 2. The van der Waals surface area contributed by atoms with E-state index in [2.05, 4.69) is 22.6 Å². The van der Waals surface area contributed by atoms with Crippen LogP contribution in [0.2, 0.25) is 15.1 Å². The zero-order valence-corrected chi connectivity index (χ0v) is 13.7. The fraction of sp³-hybridized carbons (Fsp3) is 0. The highest BCUT2D eigenvalue weighted by atomic mass is 127. The molecule has 0 heterocycles. The molecule has 0 saturated carbocycles. The van der Waals surface area contributed by atoms with Crippen LogP contribution in [0.1, 0.15) is 10.4 Å². The van der Waals surface area contributed by atoms with Crippen molar-refractivity contribution < 1.29 is 9.53 Å². The Kier molecular flexibility index (Phi) is 4.95. The van der Waals surface area contributed by atoms with Crippen molar-refractivity contribution >= 4 is 63.4 Å². The summed E-state index contributed by atoms with van der Waals surface area (Å²) in [5.74, 6) is -0.314. The Labute approximate surface area is 138 Å². The van der Waals surface area contributed by atoms with Gasteiger partial charge < -0.3 is 4.74 Å². The smallest absolute Gasteiger partial charge is 0.344 e. The van der Waals surface area contributed by atoms with E-state index in [-0.39, 0.29) is 15.8 Å². The van der Waals surface area contributed by atoms with E-state index in [9.17, 15) is 4.79 Å². The predicted molar refractivity (Wildman–Crippen MR) is 85.6 cm³/mol. The van der Waals surface area contributed by atoms with Crippen molar-refractivity contribution in [3.05, 3.63) is 60.6 Å². The Morgan fingerprint density at radius 1 is 1.00 bits per heavy atom. The average molecular weight is 427 g/mol. The number of hydrogen-bond donors (Lipinski definition) is 0. The van der Waals surface area contributed by atoms with Crippen molar-refractivity contribution in [1.29, 1.82) is 0 Å². The maximum Gasteiger partial charge on any atom is 0.344 e. The molecule has 0 amide bonds. The molecule has 2 aromatic carbocycles. The summed E-state index contributed by atoms with van der Waals surface area (Å²) in [7, 11) is 0. The molecule has 19 heavy (non-hydrogen) atoms. The lowest BCUT2D eigenvalue weighted by Crippen LogP contribution is -2.10. The monoisotopic (exact) mass is 426 g/mol. The van der Waals surface area contributed by atoms with Crippen LogP contribution in [0.25, 0.3) is 0 Å². The zero-order chi connectivity index (χ0) is 14.0. The lowest BCUT2D eigenvalue weighted by Gasteiger charge is -2.09. The first-order chi connectivity index (χ1) is 9.00. The fourth-order valence-corrected chi connectivity index (χ4v) is 2.54. The first-order valence-electron chi connectivity index (χ1n) is 5.11. The molecule has 0 aromatic heterocycles. The number of benzene rings is 2. The third kappa shape index (κ3) is 3.34. The van der Waals surface area contributed by atoms with Gasteiger partial charge in [0.1, 0.15) is 5.02 Å². The lowest BCUT2D eigenvalue weighted by molar-refractivity contribution is 0.0734. The van der Waals surface area contributed by atoms with Crippen LogP contribution in [0.4, 0.5) is 0 Å². The first kappa shape index (κ1) is 14.9. The van der Waals surface area contributed by atoms with Gasteiger partial charge in [-0.05, 0) is 46.9 Å². The second-order valence-corrected chi connectivity index (χ2v) is 5.87. The van der Waals surface area contributed by atoms with Crippen LogP contribution in [0.5, 0.6) is 5.75 Å². The molecule has 0 N–H and O–H groups in total. The van der Waals surface area contributed by atoms with Gasteiger partial charge in [0.05, 0.1) is 15.6 Å². The quantitative estimate of drug-likeness (QED) is 0.275. The Morgan fingerprint density at radius 3 is 2.37 bits per heavy atom. The predicted octanol–water partition coefficient (Wildman–Crippen LogP) is 5.47. The van der Waals surface area contributed by atoms with E-state index < -0.39 is 5.97 Å². The standard InChI is InChI=1S/C13H6Cl3IO2/c14-8-5-6-10(12(16)11(8)15)19-13(18)7-3-1-2-4-9(7)17/h1-6H. The van der Waals surface area contributed by atoms with Crippen molar-refractivity contribution in [2.75, 3.05) is 0 Å². The van der Waals surface area contributed by atoms with Gasteiger partial charge >= 0.3 is 5.97 Å². The summed E-state index contributed by atoms with van der Waals surface area (Å²) in [6.45, 7) is 0. The molecule has 0 atom stereocenters. The van der Waals surface area contributed by atoms with Gasteiger partial charge in [-0.25, -0.2) is 4.79 Å². The summed E-state index contributed by atoms with van der Waals surface area (Å²) >= 11 is 19.7. The topological polar surface area (TPSA) is 26.3 Å². The van der Waals surface area contributed by atoms with E-state index in [1.807, 2.05) is 12.1 Å². The number of rotatable bonds is 2. The summed E-state index contributed by atoms with van der Waals surface area (Å²) in [6, 6.07) is 10.1. The number of carbonyl (C=O) groups is 1. The summed E-state index contributed by atoms with van der Waals surface area (Å²) in [4.78, 5) is 12.0. The van der Waals surface area contributed by atoms with E-state index in [4.69, 9.17) is 39.5 Å². The molecule has 0 aliphatic rings. The minimum absolute atomic E-state index is 0.119. The third-order valence-electron chi connectivity index (χ3n) is 2.30. The molecule has 0 unspecified atom stereocenters. The van der Waals surface area contributed by atoms with Crippen molar-refractivity contribution in [2.45, 2.75) is 0 Å². The lowest BCUT2D eigenvalue weighted by atomic mass is 10.2. The molecule has 0 aliphatic carbocycles. The number of ether oxygens (including phenoxy) is 1. The van der Waals surface area contributed by atoms with Crippen molar-refractivity contribution in [3.8, 4) is 5.75 Å². The normalized spacial score (nSPS) is 10.3. The second kappa shape index (κ2) is 6.31. The van der Waals surface area contributed by atoms with Gasteiger partial charge in [-0.3, -0.25) is 0 Å². The van der Waals surface area contributed by atoms with E-state index in [0.717, 1.165) is 3.57 Å².